The summed E-state index contributed by atoms with van der Waals surface area (Å²) >= 11 is 0. The van der Waals surface area contributed by atoms with Crippen LogP contribution in [-0.2, 0) is 16.5 Å². The topological polar surface area (TPSA) is 46.2 Å². The van der Waals surface area contributed by atoms with Crippen LogP contribution >= 0.6 is 0 Å². The van der Waals surface area contributed by atoms with Crippen molar-refractivity contribution < 1.29 is 12.8 Å². The minimum atomic E-state index is -2.50. The van der Waals surface area contributed by atoms with Crippen LogP contribution < -0.4 is 5.32 Å². The van der Waals surface area contributed by atoms with E-state index in [1.165, 1.54) is 12.1 Å². The summed E-state index contributed by atoms with van der Waals surface area (Å²) in [6, 6.07) is 4.65. The van der Waals surface area contributed by atoms with Crippen LogP contribution in [0, 0.1) is 5.82 Å². The van der Waals surface area contributed by atoms with Gasteiger partial charge in [0.1, 0.15) is 16.5 Å². The lowest BCUT2D eigenvalue weighted by atomic mass is 9.89. The predicted molar refractivity (Wildman–Crippen MR) is 65.3 cm³/mol. The van der Waals surface area contributed by atoms with Gasteiger partial charge in [0.15, 0.2) is 0 Å². The van der Waals surface area contributed by atoms with Crippen molar-refractivity contribution in [2.75, 3.05) is 13.1 Å². The molecule has 1 aromatic rings. The first-order valence-electron chi connectivity index (χ1n) is 5.77. The largest absolute Gasteiger partial charge is 0.317 e. The monoisotopic (exact) mass is 257 g/mol. The molecule has 0 spiro atoms. The number of thiol groups is 1. The third-order valence-electron chi connectivity index (χ3n) is 3.10. The molecule has 0 unspecified atom stereocenters. The van der Waals surface area contributed by atoms with Crippen LogP contribution in [-0.4, -0.2) is 21.5 Å². The highest BCUT2D eigenvalue weighted by atomic mass is 32.2. The summed E-state index contributed by atoms with van der Waals surface area (Å²) in [5, 5.41) is 3.26. The average Bonchev–Trinajstić information content (AvgIpc) is 2.28. The smallest absolute Gasteiger partial charge is 0.144 e. The highest BCUT2D eigenvalue weighted by Gasteiger charge is 2.16. The van der Waals surface area contributed by atoms with Gasteiger partial charge in [0, 0.05) is 0 Å². The molecule has 1 N–H and O–H groups in total. The van der Waals surface area contributed by atoms with E-state index in [2.05, 4.69) is 5.32 Å². The second-order valence-electron chi connectivity index (χ2n) is 4.41. The Kier molecular flexibility index (Phi) is 4.12. The van der Waals surface area contributed by atoms with Crippen molar-refractivity contribution in [2.24, 2.45) is 0 Å². The summed E-state index contributed by atoms with van der Waals surface area (Å²) in [5.74, 6) is -0.0754. The maximum Gasteiger partial charge on any atom is 0.144 e. The molecule has 0 radical (unpaired) electrons. The summed E-state index contributed by atoms with van der Waals surface area (Å²) < 4.78 is 34.8. The fraction of sp³-hybridized carbons (Fsp3) is 0.500. The van der Waals surface area contributed by atoms with Crippen molar-refractivity contribution in [1.29, 1.82) is 0 Å². The molecule has 1 aromatic carbocycles. The van der Waals surface area contributed by atoms with Gasteiger partial charge < -0.3 is 5.32 Å². The zero-order chi connectivity index (χ0) is 12.3. The Morgan fingerprint density at radius 3 is 2.59 bits per heavy atom. The lowest BCUT2D eigenvalue weighted by Crippen LogP contribution is -2.26. The van der Waals surface area contributed by atoms with E-state index in [4.69, 9.17) is 0 Å². The first kappa shape index (κ1) is 12.5. The number of hydrogen-bond donors (Lipinski definition) is 2. The van der Waals surface area contributed by atoms with E-state index in [0.717, 1.165) is 31.5 Å². The summed E-state index contributed by atoms with van der Waals surface area (Å²) in [5.41, 5.74) is 1.48. The van der Waals surface area contributed by atoms with Crippen molar-refractivity contribution >= 4 is 10.7 Å². The Bertz CT molecular complexity index is 460. The van der Waals surface area contributed by atoms with Crippen molar-refractivity contribution in [1.82, 2.24) is 5.32 Å². The molecular weight excluding hydrogens is 241 g/mol. The molecule has 3 nitrogen and oxygen atoms in total. The van der Waals surface area contributed by atoms with E-state index in [1.807, 2.05) is 6.07 Å². The third-order valence-corrected chi connectivity index (χ3v) is 3.73. The number of benzene rings is 1. The number of rotatable bonds is 3. The van der Waals surface area contributed by atoms with E-state index in [1.54, 1.807) is 0 Å². The Balaban J connectivity index is 2.23. The molecule has 0 aromatic heterocycles. The quantitative estimate of drug-likeness (QED) is 0.805. The summed E-state index contributed by atoms with van der Waals surface area (Å²) in [7, 11) is -2.50. The molecule has 0 saturated carbocycles. The van der Waals surface area contributed by atoms with Crippen molar-refractivity contribution in [2.45, 2.75) is 24.5 Å². The molecule has 5 heteroatoms. The van der Waals surface area contributed by atoms with Gasteiger partial charge in [0.25, 0.3) is 0 Å². The van der Waals surface area contributed by atoms with E-state index in [9.17, 15) is 12.8 Å². The molecule has 2 rings (SSSR count). The Morgan fingerprint density at radius 2 is 1.94 bits per heavy atom. The molecule has 0 amide bonds. The van der Waals surface area contributed by atoms with E-state index >= 15 is 0 Å². The van der Waals surface area contributed by atoms with Crippen molar-refractivity contribution in [3.63, 3.8) is 0 Å². The summed E-state index contributed by atoms with van der Waals surface area (Å²) in [6.45, 7) is 1.87. The zero-order valence-corrected chi connectivity index (χ0v) is 10.4. The standard InChI is InChI=1S/C12H16FNO2S/c13-12-6-9(8-17(15)16)5-11(7-12)10-1-3-14-4-2-10/h5-7,10,14,17H,1-4,8H2. The minimum Gasteiger partial charge on any atom is -0.317 e. The normalized spacial score (nSPS) is 17.5. The van der Waals surface area contributed by atoms with Gasteiger partial charge in [-0.2, -0.15) is 0 Å². The Hall–Kier alpha value is -0.940. The Labute approximate surface area is 102 Å². The van der Waals surface area contributed by atoms with Gasteiger partial charge in [-0.15, -0.1) is 0 Å². The molecule has 1 saturated heterocycles. The zero-order valence-electron chi connectivity index (χ0n) is 9.49. The second kappa shape index (κ2) is 5.60. The van der Waals surface area contributed by atoms with E-state index < -0.39 is 10.7 Å². The van der Waals surface area contributed by atoms with Gasteiger partial charge in [0.2, 0.25) is 0 Å². The number of piperidine rings is 1. The Morgan fingerprint density at radius 1 is 1.24 bits per heavy atom. The van der Waals surface area contributed by atoms with Gasteiger partial charge in [-0.05, 0) is 55.1 Å². The molecule has 1 fully saturated rings. The maximum atomic E-state index is 13.4. The first-order valence-corrected chi connectivity index (χ1v) is 7.13. The fourth-order valence-electron chi connectivity index (χ4n) is 2.31. The van der Waals surface area contributed by atoms with Gasteiger partial charge in [-0.25, -0.2) is 12.8 Å². The van der Waals surface area contributed by atoms with E-state index in [-0.39, 0.29) is 11.6 Å². The highest BCUT2D eigenvalue weighted by Crippen LogP contribution is 2.26. The van der Waals surface area contributed by atoms with Gasteiger partial charge >= 0.3 is 0 Å². The predicted octanol–water partition coefficient (Wildman–Crippen LogP) is 1.40. The van der Waals surface area contributed by atoms with Crippen LogP contribution in [0.1, 0.15) is 29.9 Å². The summed E-state index contributed by atoms with van der Waals surface area (Å²) in [4.78, 5) is 0. The van der Waals surface area contributed by atoms with Crippen LogP contribution in [0.3, 0.4) is 0 Å². The van der Waals surface area contributed by atoms with Gasteiger partial charge in [0.05, 0.1) is 5.75 Å². The van der Waals surface area contributed by atoms with Crippen LogP contribution in [0.15, 0.2) is 18.2 Å². The summed E-state index contributed by atoms with van der Waals surface area (Å²) in [6.07, 6.45) is 1.96. The van der Waals surface area contributed by atoms with Crippen molar-refractivity contribution in [3.05, 3.63) is 35.1 Å². The molecule has 1 aliphatic heterocycles. The molecule has 0 atom stereocenters. The molecule has 1 aliphatic rings. The molecular formula is C12H16FNO2S. The molecule has 0 bridgehead atoms. The van der Waals surface area contributed by atoms with Crippen LogP contribution in [0.2, 0.25) is 0 Å². The van der Waals surface area contributed by atoms with Crippen molar-refractivity contribution in [3.8, 4) is 0 Å². The molecule has 0 aliphatic carbocycles. The van der Waals surface area contributed by atoms with Crippen LogP contribution in [0.25, 0.3) is 0 Å². The highest BCUT2D eigenvalue weighted by molar-refractivity contribution is 7.71. The molecule has 17 heavy (non-hydrogen) atoms. The van der Waals surface area contributed by atoms with Crippen LogP contribution in [0.5, 0.6) is 0 Å². The second-order valence-corrected chi connectivity index (χ2v) is 5.39. The number of nitrogens with one attached hydrogen (secondary N) is 1. The van der Waals surface area contributed by atoms with Gasteiger partial charge in [-0.1, -0.05) is 6.07 Å². The lowest BCUT2D eigenvalue weighted by molar-refractivity contribution is 0.458. The third kappa shape index (κ3) is 3.51. The average molecular weight is 257 g/mol. The van der Waals surface area contributed by atoms with Gasteiger partial charge in [-0.3, -0.25) is 0 Å². The first-order chi connectivity index (χ1) is 8.15. The van der Waals surface area contributed by atoms with E-state index in [0.29, 0.717) is 11.5 Å². The molecule has 94 valence electrons. The SMILES string of the molecule is O=[SH](=O)Cc1cc(F)cc(C2CCNCC2)c1. The number of hydrogen-bond acceptors (Lipinski definition) is 3. The fourth-order valence-corrected chi connectivity index (χ4v) is 2.79. The lowest BCUT2D eigenvalue weighted by Gasteiger charge is -2.23. The minimum absolute atomic E-state index is 0.0783. The number of halogens is 1. The maximum absolute atomic E-state index is 13.4. The molecule has 1 heterocycles. The van der Waals surface area contributed by atoms with Crippen LogP contribution in [0.4, 0.5) is 4.39 Å².